The van der Waals surface area contributed by atoms with Gasteiger partial charge in [0.15, 0.2) is 0 Å². The number of nitrogens with zero attached hydrogens (tertiary/aromatic N) is 3. The standard InChI is InChI=1S/C19H24N4O3/c1-21-13-16(18(25)22(2)19(21)26)17(24)20-15-8-10-23(11-9-15)12-14-6-4-3-5-7-14/h3-7,13,15H,8-12H2,1-2H3,(H,20,24). The number of piperidine rings is 1. The summed E-state index contributed by atoms with van der Waals surface area (Å²) < 4.78 is 2.20. The van der Waals surface area contributed by atoms with E-state index in [1.54, 1.807) is 0 Å². The number of carbonyl (C=O) groups is 1. The van der Waals surface area contributed by atoms with Gasteiger partial charge in [-0.25, -0.2) is 4.79 Å². The average molecular weight is 356 g/mol. The third-order valence-corrected chi connectivity index (χ3v) is 4.86. The molecule has 3 rings (SSSR count). The second kappa shape index (κ2) is 7.70. The summed E-state index contributed by atoms with van der Waals surface area (Å²) in [6.45, 7) is 2.69. The van der Waals surface area contributed by atoms with Crippen molar-refractivity contribution in [2.75, 3.05) is 13.1 Å². The van der Waals surface area contributed by atoms with Crippen LogP contribution in [0.3, 0.4) is 0 Å². The quantitative estimate of drug-likeness (QED) is 0.864. The van der Waals surface area contributed by atoms with E-state index in [0.717, 1.165) is 37.0 Å². The van der Waals surface area contributed by atoms with Gasteiger partial charge in [-0.3, -0.25) is 19.1 Å². The molecule has 1 aromatic carbocycles. The first-order valence-electron chi connectivity index (χ1n) is 8.79. The monoisotopic (exact) mass is 356 g/mol. The molecule has 1 aromatic heterocycles. The number of likely N-dealkylation sites (tertiary alicyclic amines) is 1. The molecule has 1 N–H and O–H groups in total. The highest BCUT2D eigenvalue weighted by Crippen LogP contribution is 2.14. The number of nitrogens with one attached hydrogen (secondary N) is 1. The van der Waals surface area contributed by atoms with Crippen LogP contribution in [0.15, 0.2) is 46.1 Å². The molecule has 0 bridgehead atoms. The minimum atomic E-state index is -0.563. The zero-order chi connectivity index (χ0) is 18.7. The van der Waals surface area contributed by atoms with E-state index in [1.165, 1.54) is 30.4 Å². The highest BCUT2D eigenvalue weighted by molar-refractivity contribution is 5.93. The van der Waals surface area contributed by atoms with Crippen molar-refractivity contribution in [3.8, 4) is 0 Å². The first kappa shape index (κ1) is 18.1. The van der Waals surface area contributed by atoms with Gasteiger partial charge < -0.3 is 9.88 Å². The molecule has 138 valence electrons. The van der Waals surface area contributed by atoms with Gasteiger partial charge in [-0.05, 0) is 18.4 Å². The molecule has 7 nitrogen and oxygen atoms in total. The van der Waals surface area contributed by atoms with E-state index in [0.29, 0.717) is 0 Å². The van der Waals surface area contributed by atoms with E-state index < -0.39 is 17.2 Å². The van der Waals surface area contributed by atoms with Gasteiger partial charge in [0.2, 0.25) is 0 Å². The Morgan fingerprint density at radius 1 is 1.12 bits per heavy atom. The number of benzene rings is 1. The molecule has 0 aliphatic carbocycles. The molecule has 0 unspecified atom stereocenters. The Balaban J connectivity index is 1.59. The molecule has 2 aromatic rings. The van der Waals surface area contributed by atoms with Crippen molar-refractivity contribution in [3.05, 3.63) is 68.5 Å². The van der Waals surface area contributed by atoms with Gasteiger partial charge in [0.1, 0.15) is 5.56 Å². The lowest BCUT2D eigenvalue weighted by Gasteiger charge is -2.32. The predicted octanol–water partition coefficient (Wildman–Crippen LogP) is 0.478. The summed E-state index contributed by atoms with van der Waals surface area (Å²) in [4.78, 5) is 38.7. The van der Waals surface area contributed by atoms with Crippen LogP contribution >= 0.6 is 0 Å². The van der Waals surface area contributed by atoms with Crippen molar-refractivity contribution in [1.82, 2.24) is 19.4 Å². The van der Waals surface area contributed by atoms with Gasteiger partial charge in [-0.2, -0.15) is 0 Å². The Hall–Kier alpha value is -2.67. The molecule has 0 saturated carbocycles. The largest absolute Gasteiger partial charge is 0.349 e. The zero-order valence-corrected chi connectivity index (χ0v) is 15.1. The third-order valence-electron chi connectivity index (χ3n) is 4.86. The van der Waals surface area contributed by atoms with E-state index in [4.69, 9.17) is 0 Å². The van der Waals surface area contributed by atoms with Gasteiger partial charge in [0.25, 0.3) is 11.5 Å². The Kier molecular flexibility index (Phi) is 5.37. The van der Waals surface area contributed by atoms with Gasteiger partial charge in [0.05, 0.1) is 0 Å². The van der Waals surface area contributed by atoms with Crippen molar-refractivity contribution < 1.29 is 4.79 Å². The van der Waals surface area contributed by atoms with Crippen molar-refractivity contribution in [2.45, 2.75) is 25.4 Å². The number of hydrogen-bond acceptors (Lipinski definition) is 4. The molecule has 1 aliphatic heterocycles. The van der Waals surface area contributed by atoms with Crippen LogP contribution in [0.25, 0.3) is 0 Å². The molecule has 0 radical (unpaired) electrons. The minimum absolute atomic E-state index is 0.00122. The third kappa shape index (κ3) is 3.94. The molecular formula is C19H24N4O3. The first-order valence-corrected chi connectivity index (χ1v) is 8.79. The fraction of sp³-hybridized carbons (Fsp3) is 0.421. The second-order valence-corrected chi connectivity index (χ2v) is 6.81. The molecule has 0 spiro atoms. The lowest BCUT2D eigenvalue weighted by Crippen LogP contribution is -2.47. The van der Waals surface area contributed by atoms with Gasteiger partial charge >= 0.3 is 5.69 Å². The van der Waals surface area contributed by atoms with E-state index in [2.05, 4.69) is 22.3 Å². The second-order valence-electron chi connectivity index (χ2n) is 6.81. The van der Waals surface area contributed by atoms with Crippen LogP contribution in [-0.4, -0.2) is 39.1 Å². The maximum Gasteiger partial charge on any atom is 0.330 e. The molecule has 0 atom stereocenters. The van der Waals surface area contributed by atoms with Crippen LogP contribution in [-0.2, 0) is 20.6 Å². The molecule has 26 heavy (non-hydrogen) atoms. The van der Waals surface area contributed by atoms with Crippen LogP contribution in [0.2, 0.25) is 0 Å². The first-order chi connectivity index (χ1) is 12.5. The van der Waals surface area contributed by atoms with E-state index >= 15 is 0 Å². The number of hydrogen-bond donors (Lipinski definition) is 1. The summed E-state index contributed by atoms with van der Waals surface area (Å²) in [6.07, 6.45) is 2.99. The minimum Gasteiger partial charge on any atom is -0.349 e. The lowest BCUT2D eigenvalue weighted by molar-refractivity contribution is 0.0905. The SMILES string of the molecule is Cn1cc(C(=O)NC2CCN(Cc3ccccc3)CC2)c(=O)n(C)c1=O. The molecule has 2 heterocycles. The van der Waals surface area contributed by atoms with Crippen molar-refractivity contribution >= 4 is 5.91 Å². The number of aryl methyl sites for hydroxylation is 1. The summed E-state index contributed by atoms with van der Waals surface area (Å²) in [5, 5.41) is 2.94. The molecule has 1 aliphatic rings. The van der Waals surface area contributed by atoms with Crippen LogP contribution in [0.5, 0.6) is 0 Å². The summed E-state index contributed by atoms with van der Waals surface area (Å²) >= 11 is 0. The van der Waals surface area contributed by atoms with Gasteiger partial charge in [0, 0.05) is 46.0 Å². The zero-order valence-electron chi connectivity index (χ0n) is 15.1. The molecule has 1 saturated heterocycles. The van der Waals surface area contributed by atoms with Crippen molar-refractivity contribution in [1.29, 1.82) is 0 Å². The fourth-order valence-corrected chi connectivity index (χ4v) is 3.30. The summed E-state index contributed by atoms with van der Waals surface area (Å²) in [6, 6.07) is 10.4. The summed E-state index contributed by atoms with van der Waals surface area (Å²) in [7, 11) is 2.91. The number of carbonyl (C=O) groups excluding carboxylic acids is 1. The van der Waals surface area contributed by atoms with Crippen molar-refractivity contribution in [3.63, 3.8) is 0 Å². The van der Waals surface area contributed by atoms with Crippen LogP contribution in [0, 0.1) is 0 Å². The Morgan fingerprint density at radius 3 is 2.42 bits per heavy atom. The normalized spacial score (nSPS) is 15.8. The number of aromatic nitrogens is 2. The molecular weight excluding hydrogens is 332 g/mol. The van der Waals surface area contributed by atoms with E-state index in [1.807, 2.05) is 18.2 Å². The smallest absolute Gasteiger partial charge is 0.330 e. The predicted molar refractivity (Wildman–Crippen MR) is 99.1 cm³/mol. The van der Waals surface area contributed by atoms with E-state index in [9.17, 15) is 14.4 Å². The van der Waals surface area contributed by atoms with Crippen LogP contribution in [0.1, 0.15) is 28.8 Å². The topological polar surface area (TPSA) is 76.3 Å². The van der Waals surface area contributed by atoms with E-state index in [-0.39, 0.29) is 11.6 Å². The van der Waals surface area contributed by atoms with Gasteiger partial charge in [-0.1, -0.05) is 30.3 Å². The maximum absolute atomic E-state index is 12.5. The van der Waals surface area contributed by atoms with Crippen molar-refractivity contribution in [2.24, 2.45) is 14.1 Å². The van der Waals surface area contributed by atoms with Crippen LogP contribution in [0.4, 0.5) is 0 Å². The fourth-order valence-electron chi connectivity index (χ4n) is 3.30. The molecule has 1 amide bonds. The number of rotatable bonds is 4. The molecule has 1 fully saturated rings. The lowest BCUT2D eigenvalue weighted by atomic mass is 10.0. The Morgan fingerprint density at radius 2 is 1.77 bits per heavy atom. The average Bonchev–Trinajstić information content (AvgIpc) is 2.65. The Bertz CT molecular complexity index is 893. The highest BCUT2D eigenvalue weighted by Gasteiger charge is 2.23. The highest BCUT2D eigenvalue weighted by atomic mass is 16.2. The molecule has 7 heteroatoms. The van der Waals surface area contributed by atoms with Crippen LogP contribution < -0.4 is 16.6 Å². The summed E-state index contributed by atoms with van der Waals surface area (Å²) in [5.41, 5.74) is 0.276. The van der Waals surface area contributed by atoms with Gasteiger partial charge in [-0.15, -0.1) is 0 Å². The maximum atomic E-state index is 12.5. The Labute approximate surface area is 151 Å². The number of amides is 1. The summed E-state index contributed by atoms with van der Waals surface area (Å²) in [5.74, 6) is -0.414.